The molecule has 4 rings (SSSR count). The van der Waals surface area contributed by atoms with Crippen LogP contribution in [-0.4, -0.2) is 50.6 Å². The zero-order valence-electron chi connectivity index (χ0n) is 16.0. The molecule has 0 N–H and O–H groups in total. The summed E-state index contributed by atoms with van der Waals surface area (Å²) in [7, 11) is 0.737. The smallest absolute Gasteiger partial charge is 0.262 e. The van der Waals surface area contributed by atoms with Crippen LogP contribution < -0.4 is 11.1 Å². The van der Waals surface area contributed by atoms with E-state index in [0.717, 1.165) is 4.31 Å². The molecule has 0 bridgehead atoms. The van der Waals surface area contributed by atoms with Crippen molar-refractivity contribution in [3.05, 3.63) is 69.1 Å². The largest absolute Gasteiger partial charge is 0.307 e. The normalized spacial score (nSPS) is 12.3. The highest BCUT2D eigenvalue weighted by molar-refractivity contribution is 7.89. The lowest BCUT2D eigenvalue weighted by atomic mass is 10.2. The number of para-hydroxylation sites is 1. The molecule has 29 heavy (non-hydrogen) atoms. The van der Waals surface area contributed by atoms with Gasteiger partial charge in [-0.1, -0.05) is 12.1 Å². The SMILES string of the molecule is CN(C)S(=O)(=O)c1ccc(=O)n(Cc2nnc3n(C)c(=O)c4ccccc4n23)c1. The quantitative estimate of drug-likeness (QED) is 0.466. The molecule has 0 aliphatic heterocycles. The summed E-state index contributed by atoms with van der Waals surface area (Å²) in [6, 6.07) is 9.51. The van der Waals surface area contributed by atoms with E-state index in [2.05, 4.69) is 10.2 Å². The Kier molecular flexibility index (Phi) is 4.35. The van der Waals surface area contributed by atoms with E-state index in [9.17, 15) is 18.0 Å². The maximum atomic E-state index is 12.5. The summed E-state index contributed by atoms with van der Waals surface area (Å²) in [5, 5.41) is 8.72. The van der Waals surface area contributed by atoms with Crippen molar-refractivity contribution in [3.63, 3.8) is 0 Å². The Morgan fingerprint density at radius 3 is 2.48 bits per heavy atom. The van der Waals surface area contributed by atoms with Crippen LogP contribution in [0, 0.1) is 0 Å². The van der Waals surface area contributed by atoms with Crippen LogP contribution in [-0.2, 0) is 23.6 Å². The van der Waals surface area contributed by atoms with Crippen LogP contribution in [0.15, 0.2) is 57.1 Å². The number of aryl methyl sites for hydroxylation is 1. The van der Waals surface area contributed by atoms with Crippen molar-refractivity contribution < 1.29 is 8.42 Å². The minimum Gasteiger partial charge on any atom is -0.307 e. The summed E-state index contributed by atoms with van der Waals surface area (Å²) in [5.41, 5.74) is 0.0209. The van der Waals surface area contributed by atoms with E-state index in [1.807, 2.05) is 0 Å². The topological polar surface area (TPSA) is 112 Å². The predicted molar refractivity (Wildman–Crippen MR) is 106 cm³/mol. The lowest BCUT2D eigenvalue weighted by molar-refractivity contribution is 0.518. The van der Waals surface area contributed by atoms with E-state index in [1.54, 1.807) is 35.7 Å². The van der Waals surface area contributed by atoms with Crippen molar-refractivity contribution in [1.29, 1.82) is 0 Å². The van der Waals surface area contributed by atoms with Crippen LogP contribution in [0.1, 0.15) is 5.82 Å². The fraction of sp³-hybridized carbons (Fsp3) is 0.222. The lowest BCUT2D eigenvalue weighted by Gasteiger charge is -2.13. The average Bonchev–Trinajstić information content (AvgIpc) is 3.11. The summed E-state index contributed by atoms with van der Waals surface area (Å²) >= 11 is 0. The minimum absolute atomic E-state index is 0.00632. The first kappa shape index (κ1) is 19.0. The maximum Gasteiger partial charge on any atom is 0.262 e. The summed E-state index contributed by atoms with van der Waals surface area (Å²) < 4.78 is 30.2. The molecule has 3 heterocycles. The van der Waals surface area contributed by atoms with Crippen molar-refractivity contribution in [2.45, 2.75) is 11.4 Å². The van der Waals surface area contributed by atoms with Crippen molar-refractivity contribution in [3.8, 4) is 0 Å². The molecule has 0 aliphatic carbocycles. The Hall–Kier alpha value is -3.31. The molecule has 4 aromatic rings. The number of sulfonamides is 1. The highest BCUT2D eigenvalue weighted by atomic mass is 32.2. The Labute approximate surface area is 165 Å². The van der Waals surface area contributed by atoms with Gasteiger partial charge >= 0.3 is 0 Å². The van der Waals surface area contributed by atoms with Gasteiger partial charge in [-0.3, -0.25) is 18.6 Å². The van der Waals surface area contributed by atoms with Gasteiger partial charge in [-0.25, -0.2) is 12.7 Å². The van der Waals surface area contributed by atoms with Gasteiger partial charge in [0, 0.05) is 33.4 Å². The van der Waals surface area contributed by atoms with E-state index in [-0.39, 0.29) is 22.6 Å². The first-order valence-corrected chi connectivity index (χ1v) is 10.1. The molecule has 1 aromatic carbocycles. The molecule has 0 saturated carbocycles. The Morgan fingerprint density at radius 1 is 1.03 bits per heavy atom. The monoisotopic (exact) mass is 414 g/mol. The van der Waals surface area contributed by atoms with Gasteiger partial charge < -0.3 is 4.57 Å². The number of fused-ring (bicyclic) bond motifs is 3. The van der Waals surface area contributed by atoms with E-state index in [0.29, 0.717) is 22.5 Å². The second kappa shape index (κ2) is 6.64. The fourth-order valence-electron chi connectivity index (χ4n) is 3.14. The number of benzene rings is 1. The molecular weight excluding hydrogens is 396 g/mol. The fourth-order valence-corrected chi connectivity index (χ4v) is 4.07. The number of nitrogens with zero attached hydrogens (tertiary/aromatic N) is 6. The molecule has 0 unspecified atom stereocenters. The summed E-state index contributed by atoms with van der Waals surface area (Å²) in [4.78, 5) is 24.9. The Bertz CT molecular complexity index is 1480. The standard InChI is InChI=1S/C18H18N6O4S/c1-21(2)29(27,28)12-8-9-16(25)23(10-12)11-15-19-20-18-22(3)17(26)13-6-4-5-7-14(13)24(15)18/h4-10H,11H2,1-3H3. The van der Waals surface area contributed by atoms with Gasteiger partial charge in [0.15, 0.2) is 5.82 Å². The molecule has 3 aromatic heterocycles. The first-order valence-electron chi connectivity index (χ1n) is 8.66. The molecule has 0 saturated heterocycles. The van der Waals surface area contributed by atoms with Crippen LogP contribution >= 0.6 is 0 Å². The summed E-state index contributed by atoms with van der Waals surface area (Å²) in [6.45, 7) is -0.0149. The second-order valence-electron chi connectivity index (χ2n) is 6.75. The zero-order valence-corrected chi connectivity index (χ0v) is 16.8. The molecule has 0 aliphatic rings. The molecule has 0 spiro atoms. The number of pyridine rings is 1. The third-order valence-corrected chi connectivity index (χ3v) is 6.54. The molecule has 0 amide bonds. The predicted octanol–water partition coefficient (Wildman–Crippen LogP) is 0.0415. The van der Waals surface area contributed by atoms with E-state index < -0.39 is 10.0 Å². The van der Waals surface area contributed by atoms with Crippen molar-refractivity contribution >= 4 is 26.7 Å². The number of hydrogen-bond donors (Lipinski definition) is 0. The molecule has 11 heteroatoms. The van der Waals surface area contributed by atoms with Gasteiger partial charge in [0.25, 0.3) is 11.1 Å². The van der Waals surface area contributed by atoms with Crippen molar-refractivity contribution in [2.24, 2.45) is 7.05 Å². The molecule has 10 nitrogen and oxygen atoms in total. The van der Waals surface area contributed by atoms with Gasteiger partial charge in [0.1, 0.15) is 0 Å². The van der Waals surface area contributed by atoms with Crippen molar-refractivity contribution in [1.82, 2.24) is 28.0 Å². The van der Waals surface area contributed by atoms with Gasteiger partial charge in [0.2, 0.25) is 15.8 Å². The molecule has 0 atom stereocenters. The second-order valence-corrected chi connectivity index (χ2v) is 8.90. The van der Waals surface area contributed by atoms with Gasteiger partial charge in [0.05, 0.1) is 22.3 Å². The van der Waals surface area contributed by atoms with Gasteiger partial charge in [-0.2, -0.15) is 0 Å². The highest BCUT2D eigenvalue weighted by Gasteiger charge is 2.19. The molecular formula is C18H18N6O4S. The van der Waals surface area contributed by atoms with Crippen molar-refractivity contribution in [2.75, 3.05) is 14.1 Å². The zero-order chi connectivity index (χ0) is 20.9. The number of aromatic nitrogens is 5. The number of hydrogen-bond acceptors (Lipinski definition) is 6. The maximum absolute atomic E-state index is 12.5. The van der Waals surface area contributed by atoms with Crippen LogP contribution in [0.5, 0.6) is 0 Å². The Morgan fingerprint density at radius 2 is 1.76 bits per heavy atom. The average molecular weight is 414 g/mol. The molecule has 150 valence electrons. The van der Waals surface area contributed by atoms with Crippen LogP contribution in [0.25, 0.3) is 16.7 Å². The third kappa shape index (κ3) is 2.95. The Balaban J connectivity index is 1.93. The molecule has 0 fully saturated rings. The highest BCUT2D eigenvalue weighted by Crippen LogP contribution is 2.15. The molecule has 0 radical (unpaired) electrons. The minimum atomic E-state index is -3.70. The first-order chi connectivity index (χ1) is 13.7. The van der Waals surface area contributed by atoms with Gasteiger partial charge in [-0.05, 0) is 18.2 Å². The van der Waals surface area contributed by atoms with Gasteiger partial charge in [-0.15, -0.1) is 10.2 Å². The lowest BCUT2D eigenvalue weighted by Crippen LogP contribution is -2.26. The summed E-state index contributed by atoms with van der Waals surface area (Å²) in [5.74, 6) is 0.724. The van der Waals surface area contributed by atoms with E-state index in [1.165, 1.54) is 41.6 Å². The van der Waals surface area contributed by atoms with E-state index >= 15 is 0 Å². The summed E-state index contributed by atoms with van der Waals surface area (Å²) in [6.07, 6.45) is 1.28. The number of rotatable bonds is 4. The van der Waals surface area contributed by atoms with Crippen LogP contribution in [0.2, 0.25) is 0 Å². The van der Waals surface area contributed by atoms with E-state index in [4.69, 9.17) is 0 Å². The van der Waals surface area contributed by atoms with Crippen LogP contribution in [0.4, 0.5) is 0 Å². The van der Waals surface area contributed by atoms with Crippen LogP contribution in [0.3, 0.4) is 0 Å². The third-order valence-electron chi connectivity index (χ3n) is 4.74.